The number of para-hydroxylation sites is 1. The lowest BCUT2D eigenvalue weighted by Crippen LogP contribution is -2.54. The lowest BCUT2D eigenvalue weighted by Gasteiger charge is -2.41. The van der Waals surface area contributed by atoms with Crippen molar-refractivity contribution < 1.29 is 66.2 Å². The Morgan fingerprint density at radius 1 is 0.811 bits per heavy atom. The Bertz CT molecular complexity index is 2400. The third-order valence-electron chi connectivity index (χ3n) is 14.0. The number of phosphoric acid groups is 1. The monoisotopic (exact) mass is 1080 g/mol. The van der Waals surface area contributed by atoms with Gasteiger partial charge < -0.3 is 52.9 Å². The van der Waals surface area contributed by atoms with E-state index < -0.39 is 38.3 Å². The van der Waals surface area contributed by atoms with Gasteiger partial charge in [0.25, 0.3) is 5.60 Å². The van der Waals surface area contributed by atoms with Crippen molar-refractivity contribution in [2.24, 2.45) is 0 Å². The first-order valence-corrected chi connectivity index (χ1v) is 29.4. The van der Waals surface area contributed by atoms with Gasteiger partial charge in [-0.05, 0) is 111 Å². The smallest absolute Gasteiger partial charge is 0.472 e. The number of ether oxygens (including phenoxy) is 5. The number of nitrogens with one attached hydrogen (secondary N) is 1. The number of quaternary nitrogens is 2. The largest absolute Gasteiger partial charge is 0.488 e. The minimum atomic E-state index is -4.84. The predicted molar refractivity (Wildman–Crippen MR) is 289 cm³/mol. The fourth-order valence-corrected chi connectivity index (χ4v) is 11.3. The summed E-state index contributed by atoms with van der Waals surface area (Å²) in [5, 5.41) is 18.5. The normalized spacial score (nSPS) is 16.6. The highest BCUT2D eigenvalue weighted by Gasteiger charge is 2.52. The van der Waals surface area contributed by atoms with E-state index in [0.29, 0.717) is 60.0 Å². The van der Waals surface area contributed by atoms with Crippen molar-refractivity contribution in [1.29, 1.82) is 0 Å². The number of aliphatic hydroxyl groups excluding tert-OH is 1. The number of phosphoric ester groups is 1. The van der Waals surface area contributed by atoms with E-state index in [9.17, 15) is 29.0 Å². The highest BCUT2D eigenvalue weighted by Crippen LogP contribution is 2.42. The third kappa shape index (κ3) is 18.4. The number of thiophene rings is 2. The lowest BCUT2D eigenvalue weighted by molar-refractivity contribution is -0.931. The zero-order valence-corrected chi connectivity index (χ0v) is 45.9. The second kappa shape index (κ2) is 29.7. The fourth-order valence-electron chi connectivity index (χ4n) is 9.31. The van der Waals surface area contributed by atoms with Gasteiger partial charge in [-0.1, -0.05) is 79.6 Å². The number of carbonyl (C=O) groups excluding carboxylic acids is 2. The van der Waals surface area contributed by atoms with Crippen LogP contribution in [0, 0.1) is 0 Å². The minimum absolute atomic E-state index is 0.142. The average molecular weight is 1080 g/mol. The first-order valence-electron chi connectivity index (χ1n) is 26.1. The fraction of sp³-hybridized carbons (Fsp3) is 0.500. The number of unbranched alkanes of at least 4 members (excludes halogenated alkanes) is 4. The Labute approximate surface area is 445 Å². The van der Waals surface area contributed by atoms with Crippen LogP contribution in [0.4, 0.5) is 0 Å². The molecule has 1 aliphatic rings. The molecular formula is C56H78N3O12PS2+2. The van der Waals surface area contributed by atoms with Gasteiger partial charge in [-0.15, -0.1) is 22.7 Å². The average Bonchev–Trinajstić information content (AvgIpc) is 4.15. The molecule has 15 nitrogen and oxygen atoms in total. The topological polar surface area (TPSA) is 179 Å². The Balaban J connectivity index is 1.06. The van der Waals surface area contributed by atoms with Crippen molar-refractivity contribution in [3.8, 4) is 11.5 Å². The van der Waals surface area contributed by atoms with Crippen LogP contribution in [-0.4, -0.2) is 128 Å². The van der Waals surface area contributed by atoms with Gasteiger partial charge in [-0.2, -0.15) is 0 Å². The highest BCUT2D eigenvalue weighted by atomic mass is 32.1. The summed E-state index contributed by atoms with van der Waals surface area (Å²) in [6, 6.07) is 32.7. The van der Waals surface area contributed by atoms with Gasteiger partial charge in [0.1, 0.15) is 37.3 Å². The van der Waals surface area contributed by atoms with E-state index in [1.165, 1.54) is 28.2 Å². The number of benzene rings is 3. The van der Waals surface area contributed by atoms with Crippen LogP contribution in [0.2, 0.25) is 0 Å². The molecule has 0 saturated carbocycles. The molecular weight excluding hydrogens is 1000 g/mol. The van der Waals surface area contributed by atoms with E-state index in [0.717, 1.165) is 94.6 Å². The molecule has 1 saturated heterocycles. The summed E-state index contributed by atoms with van der Waals surface area (Å²) in [4.78, 5) is 49.4. The summed E-state index contributed by atoms with van der Waals surface area (Å²) >= 11 is 2.64. The number of likely N-dealkylation sites (N-methyl/N-ethyl adjacent to an activating group) is 2. The number of piperidine rings is 1. The molecule has 3 heterocycles. The zero-order valence-electron chi connectivity index (χ0n) is 43.4. The summed E-state index contributed by atoms with van der Waals surface area (Å²) < 4.78 is 47.8. The van der Waals surface area contributed by atoms with Crippen molar-refractivity contribution in [3.63, 3.8) is 0 Å². The number of nitrogens with zero attached hydrogens (tertiary/aromatic N) is 2. The molecule has 6 rings (SSSR count). The summed E-state index contributed by atoms with van der Waals surface area (Å²) in [7, 11) is -2.65. The van der Waals surface area contributed by atoms with Gasteiger partial charge in [0, 0.05) is 38.2 Å². The van der Waals surface area contributed by atoms with E-state index in [1.807, 2.05) is 73.1 Å². The van der Waals surface area contributed by atoms with Crippen LogP contribution in [0.25, 0.3) is 0 Å². The van der Waals surface area contributed by atoms with Gasteiger partial charge in [-0.25, -0.2) is 18.7 Å². The van der Waals surface area contributed by atoms with Crippen molar-refractivity contribution in [2.75, 3.05) is 86.0 Å². The minimum Gasteiger partial charge on any atom is -0.488 e. The molecule has 1 unspecified atom stereocenters. The maximum atomic E-state index is 14.9. The highest BCUT2D eigenvalue weighted by molar-refractivity contribution is 7.46. The SMILES string of the molecule is CC[N+](CC)(CC(=O)OC(C(=O)OC1CC[N+](C)(CCOc2ccccc2)CC1)(c1cccs1)c1cccs1)Cc1cc(C(O)CNCCCCCCOCCCCc2ccccc2)ccc1OCOP(=O)(O)O. The zero-order chi connectivity index (χ0) is 52.7. The van der Waals surface area contributed by atoms with E-state index in [-0.39, 0.29) is 29.4 Å². The Hall–Kier alpha value is -4.49. The maximum Gasteiger partial charge on any atom is 0.472 e. The van der Waals surface area contributed by atoms with Crippen molar-refractivity contribution in [2.45, 2.75) is 96.0 Å². The van der Waals surface area contributed by atoms with Gasteiger partial charge in [0.2, 0.25) is 0 Å². The standard InChI is InChI=1S/C56H76N3O12PS2/c1-4-59(5-2,42-47-40-46(27-28-51(47)68-44-69-72(63,64)65)50(60)41-57-31-15-6-7-16-35-66-36-17-14-22-45-20-10-8-11-21-45)43-54(61)71-56(52-25-18-38-73-52,53-26-19-39-74-53)55(62)70-49-29-32-58(3,33-30-49)34-37-67-48-23-12-9-13-24-48/h8-13,18-21,23-28,38-40,49-50,57,60H,4-7,14-17,22,29-37,41-44H2,1-3H3/p+2. The van der Waals surface area contributed by atoms with Crippen molar-refractivity contribution in [3.05, 3.63) is 140 Å². The molecule has 4 N–H and O–H groups in total. The van der Waals surface area contributed by atoms with Crippen LogP contribution in [-0.2, 0) is 51.5 Å². The number of rotatable bonds is 34. The predicted octanol–water partition coefficient (Wildman–Crippen LogP) is 9.55. The lowest BCUT2D eigenvalue weighted by atomic mass is 9.98. The van der Waals surface area contributed by atoms with Crippen LogP contribution >= 0.6 is 30.5 Å². The molecule has 0 spiro atoms. The quantitative estimate of drug-likeness (QED) is 0.0101. The molecule has 2 aromatic heterocycles. The second-order valence-electron chi connectivity index (χ2n) is 19.4. The van der Waals surface area contributed by atoms with Crippen LogP contribution < -0.4 is 14.8 Å². The van der Waals surface area contributed by atoms with Crippen LogP contribution in [0.15, 0.2) is 114 Å². The molecule has 74 heavy (non-hydrogen) atoms. The summed E-state index contributed by atoms with van der Waals surface area (Å²) in [6.07, 6.45) is 7.32. The first-order chi connectivity index (χ1) is 35.8. The molecule has 3 aromatic carbocycles. The van der Waals surface area contributed by atoms with Gasteiger partial charge in [0.15, 0.2) is 13.3 Å². The molecule has 0 aliphatic carbocycles. The molecule has 1 aliphatic heterocycles. The Kier molecular flexibility index (Phi) is 23.6. The van der Waals surface area contributed by atoms with Crippen LogP contribution in [0.3, 0.4) is 0 Å². The maximum absolute atomic E-state index is 14.9. The molecule has 0 amide bonds. The van der Waals surface area contributed by atoms with E-state index in [1.54, 1.807) is 30.3 Å². The van der Waals surface area contributed by atoms with Crippen LogP contribution in [0.5, 0.6) is 11.5 Å². The van der Waals surface area contributed by atoms with E-state index in [2.05, 4.69) is 41.2 Å². The Morgan fingerprint density at radius 3 is 2.09 bits per heavy atom. The number of likely N-dealkylation sites (tertiary alicyclic amines) is 1. The number of aliphatic hydroxyl groups is 1. The van der Waals surface area contributed by atoms with Crippen molar-refractivity contribution >= 4 is 42.4 Å². The molecule has 0 bridgehead atoms. The van der Waals surface area contributed by atoms with Crippen molar-refractivity contribution in [1.82, 2.24) is 5.32 Å². The summed E-state index contributed by atoms with van der Waals surface area (Å²) in [6.45, 7) is 9.70. The van der Waals surface area contributed by atoms with Gasteiger partial charge in [0.05, 0.1) is 49.1 Å². The van der Waals surface area contributed by atoms with Gasteiger partial charge in [-0.3, -0.25) is 0 Å². The number of carbonyl (C=O) groups is 2. The second-order valence-corrected chi connectivity index (χ2v) is 22.5. The summed E-state index contributed by atoms with van der Waals surface area (Å²) in [5.74, 6) is -0.151. The Morgan fingerprint density at radius 2 is 1.46 bits per heavy atom. The number of aryl methyl sites for hydroxylation is 1. The van der Waals surface area contributed by atoms with E-state index in [4.69, 9.17) is 23.7 Å². The third-order valence-corrected chi connectivity index (χ3v) is 16.4. The van der Waals surface area contributed by atoms with Gasteiger partial charge >= 0.3 is 19.8 Å². The molecule has 1 atom stereocenters. The number of esters is 2. The van der Waals surface area contributed by atoms with E-state index >= 15 is 0 Å². The number of hydrogen-bond donors (Lipinski definition) is 4. The molecule has 404 valence electrons. The molecule has 1 fully saturated rings. The molecule has 0 radical (unpaired) electrons. The summed E-state index contributed by atoms with van der Waals surface area (Å²) in [5.41, 5.74) is 0.700. The van der Waals surface area contributed by atoms with Crippen LogP contribution in [0.1, 0.15) is 97.8 Å². The molecule has 5 aromatic rings. The number of hydrogen-bond acceptors (Lipinski definition) is 13. The first kappa shape index (κ1) is 58.8. The molecule has 18 heteroatoms.